The molecule has 4 atom stereocenters. The molecule has 0 radical (unpaired) electrons. The molecule has 20 heavy (non-hydrogen) atoms. The SMILES string of the molecule is CCOC1CC(NC(C)c2cc(F)ccc2F)C1OC. The Morgan fingerprint density at radius 3 is 2.80 bits per heavy atom. The number of hydrogen-bond donors (Lipinski definition) is 1. The fraction of sp³-hybridized carbons (Fsp3) is 0.600. The van der Waals surface area contributed by atoms with Crippen molar-refractivity contribution in [2.24, 2.45) is 0 Å². The van der Waals surface area contributed by atoms with Crippen LogP contribution in [-0.2, 0) is 9.47 Å². The molecule has 1 N–H and O–H groups in total. The minimum Gasteiger partial charge on any atom is -0.377 e. The second-order valence-corrected chi connectivity index (χ2v) is 5.09. The lowest BCUT2D eigenvalue weighted by Crippen LogP contribution is -2.60. The smallest absolute Gasteiger partial charge is 0.128 e. The summed E-state index contributed by atoms with van der Waals surface area (Å²) < 4.78 is 37.9. The molecular weight excluding hydrogens is 264 g/mol. The van der Waals surface area contributed by atoms with Crippen LogP contribution in [0.5, 0.6) is 0 Å². The number of nitrogens with one attached hydrogen (secondary N) is 1. The molecule has 1 aromatic carbocycles. The molecule has 1 fully saturated rings. The van der Waals surface area contributed by atoms with Crippen LogP contribution in [-0.4, -0.2) is 32.0 Å². The first kappa shape index (κ1) is 15.4. The first-order valence-corrected chi connectivity index (χ1v) is 6.92. The molecule has 0 bridgehead atoms. The standard InChI is InChI=1S/C15H21F2NO2/c1-4-20-14-8-13(15(14)19-3)18-9(2)11-7-10(16)5-6-12(11)17/h5-7,9,13-15,18H,4,8H2,1-3H3. The van der Waals surface area contributed by atoms with E-state index in [-0.39, 0.29) is 24.3 Å². The predicted molar refractivity (Wildman–Crippen MR) is 72.5 cm³/mol. The Kier molecular flexibility index (Phi) is 5.07. The molecule has 0 aliphatic heterocycles. The van der Waals surface area contributed by atoms with E-state index >= 15 is 0 Å². The monoisotopic (exact) mass is 285 g/mol. The molecule has 0 heterocycles. The molecule has 112 valence electrons. The van der Waals surface area contributed by atoms with Gasteiger partial charge >= 0.3 is 0 Å². The average Bonchev–Trinajstić information content (AvgIpc) is 2.40. The highest BCUT2D eigenvalue weighted by Crippen LogP contribution is 2.29. The van der Waals surface area contributed by atoms with Gasteiger partial charge in [0.2, 0.25) is 0 Å². The molecule has 0 spiro atoms. The van der Waals surface area contributed by atoms with E-state index < -0.39 is 11.6 Å². The first-order valence-electron chi connectivity index (χ1n) is 6.92. The van der Waals surface area contributed by atoms with Gasteiger partial charge in [0, 0.05) is 31.4 Å². The van der Waals surface area contributed by atoms with Crippen molar-refractivity contribution < 1.29 is 18.3 Å². The summed E-state index contributed by atoms with van der Waals surface area (Å²) in [6, 6.07) is 3.32. The second kappa shape index (κ2) is 6.61. The number of benzene rings is 1. The summed E-state index contributed by atoms with van der Waals surface area (Å²) in [7, 11) is 1.64. The van der Waals surface area contributed by atoms with Gasteiger partial charge in [0.15, 0.2) is 0 Å². The Morgan fingerprint density at radius 1 is 1.40 bits per heavy atom. The molecule has 5 heteroatoms. The summed E-state index contributed by atoms with van der Waals surface area (Å²) >= 11 is 0. The van der Waals surface area contributed by atoms with Gasteiger partial charge in [-0.15, -0.1) is 0 Å². The van der Waals surface area contributed by atoms with Crippen LogP contribution < -0.4 is 5.32 Å². The van der Waals surface area contributed by atoms with Crippen molar-refractivity contribution in [2.45, 2.75) is 44.6 Å². The lowest BCUT2D eigenvalue weighted by atomic mass is 9.84. The summed E-state index contributed by atoms with van der Waals surface area (Å²) in [6.07, 6.45) is 0.842. The van der Waals surface area contributed by atoms with E-state index in [2.05, 4.69) is 5.32 Å². The number of rotatable bonds is 6. The molecule has 1 aromatic rings. The van der Waals surface area contributed by atoms with Gasteiger partial charge in [0.25, 0.3) is 0 Å². The fourth-order valence-corrected chi connectivity index (χ4v) is 2.70. The summed E-state index contributed by atoms with van der Waals surface area (Å²) in [5.41, 5.74) is 0.333. The van der Waals surface area contributed by atoms with Gasteiger partial charge in [-0.05, 0) is 38.5 Å². The Bertz CT molecular complexity index is 455. The van der Waals surface area contributed by atoms with Gasteiger partial charge < -0.3 is 14.8 Å². The summed E-state index contributed by atoms with van der Waals surface area (Å²) in [5.74, 6) is -0.833. The maximum absolute atomic E-state index is 13.7. The van der Waals surface area contributed by atoms with Crippen LogP contribution in [0.25, 0.3) is 0 Å². The number of ether oxygens (including phenoxy) is 2. The summed E-state index contributed by atoms with van der Waals surface area (Å²) in [5, 5.41) is 3.28. The highest BCUT2D eigenvalue weighted by Gasteiger charge is 2.42. The quantitative estimate of drug-likeness (QED) is 0.872. The largest absolute Gasteiger partial charge is 0.377 e. The van der Waals surface area contributed by atoms with Crippen LogP contribution in [0, 0.1) is 11.6 Å². The zero-order valence-corrected chi connectivity index (χ0v) is 12.0. The minimum atomic E-state index is -0.431. The topological polar surface area (TPSA) is 30.5 Å². The van der Waals surface area contributed by atoms with E-state index in [1.165, 1.54) is 6.07 Å². The zero-order chi connectivity index (χ0) is 14.7. The van der Waals surface area contributed by atoms with Crippen LogP contribution >= 0.6 is 0 Å². The highest BCUT2D eigenvalue weighted by atomic mass is 19.1. The van der Waals surface area contributed by atoms with Crippen LogP contribution in [0.1, 0.15) is 31.9 Å². The highest BCUT2D eigenvalue weighted by molar-refractivity contribution is 5.22. The maximum atomic E-state index is 13.7. The predicted octanol–water partition coefficient (Wildman–Crippen LogP) is 2.81. The van der Waals surface area contributed by atoms with E-state index in [1.54, 1.807) is 7.11 Å². The molecule has 0 amide bonds. The van der Waals surface area contributed by atoms with Gasteiger partial charge in [-0.3, -0.25) is 0 Å². The third kappa shape index (κ3) is 3.16. The molecule has 0 aromatic heterocycles. The van der Waals surface area contributed by atoms with Crippen LogP contribution in [0.2, 0.25) is 0 Å². The van der Waals surface area contributed by atoms with Crippen molar-refractivity contribution in [1.82, 2.24) is 5.32 Å². The van der Waals surface area contributed by atoms with Crippen molar-refractivity contribution in [3.8, 4) is 0 Å². The van der Waals surface area contributed by atoms with Crippen molar-refractivity contribution in [2.75, 3.05) is 13.7 Å². The minimum absolute atomic E-state index is 0.0472. The summed E-state index contributed by atoms with van der Waals surface area (Å²) in [6.45, 7) is 4.40. The van der Waals surface area contributed by atoms with Gasteiger partial charge in [0.05, 0.1) is 12.2 Å². The molecule has 1 aliphatic carbocycles. The van der Waals surface area contributed by atoms with E-state index in [9.17, 15) is 8.78 Å². The molecule has 1 aliphatic rings. The van der Waals surface area contributed by atoms with E-state index in [4.69, 9.17) is 9.47 Å². The third-order valence-electron chi connectivity index (χ3n) is 3.79. The number of hydrogen-bond acceptors (Lipinski definition) is 3. The van der Waals surface area contributed by atoms with E-state index in [0.717, 1.165) is 18.6 Å². The molecule has 4 unspecified atom stereocenters. The van der Waals surface area contributed by atoms with Crippen LogP contribution in [0.3, 0.4) is 0 Å². The van der Waals surface area contributed by atoms with Crippen LogP contribution in [0.4, 0.5) is 8.78 Å². The van der Waals surface area contributed by atoms with Gasteiger partial charge in [-0.25, -0.2) is 8.78 Å². The van der Waals surface area contributed by atoms with Gasteiger partial charge in [-0.1, -0.05) is 0 Å². The molecule has 2 rings (SSSR count). The van der Waals surface area contributed by atoms with Crippen molar-refractivity contribution in [3.05, 3.63) is 35.4 Å². The third-order valence-corrected chi connectivity index (χ3v) is 3.79. The number of halogens is 2. The van der Waals surface area contributed by atoms with Crippen molar-refractivity contribution in [3.63, 3.8) is 0 Å². The Labute approximate surface area is 118 Å². The molecular formula is C15H21F2NO2. The summed E-state index contributed by atoms with van der Waals surface area (Å²) in [4.78, 5) is 0. The lowest BCUT2D eigenvalue weighted by Gasteiger charge is -2.44. The Hall–Kier alpha value is -1.04. The van der Waals surface area contributed by atoms with E-state index in [1.807, 2.05) is 13.8 Å². The van der Waals surface area contributed by atoms with Crippen molar-refractivity contribution in [1.29, 1.82) is 0 Å². The Balaban J connectivity index is 1.98. The van der Waals surface area contributed by atoms with Crippen LogP contribution in [0.15, 0.2) is 18.2 Å². The Morgan fingerprint density at radius 2 is 2.15 bits per heavy atom. The second-order valence-electron chi connectivity index (χ2n) is 5.09. The van der Waals surface area contributed by atoms with Crippen molar-refractivity contribution >= 4 is 0 Å². The fourth-order valence-electron chi connectivity index (χ4n) is 2.70. The van der Waals surface area contributed by atoms with E-state index in [0.29, 0.717) is 12.2 Å². The first-order chi connectivity index (χ1) is 9.56. The molecule has 1 saturated carbocycles. The van der Waals surface area contributed by atoms with Gasteiger partial charge in [0.1, 0.15) is 11.6 Å². The zero-order valence-electron chi connectivity index (χ0n) is 12.0. The molecule has 3 nitrogen and oxygen atoms in total. The lowest BCUT2D eigenvalue weighted by molar-refractivity contribution is -0.133. The average molecular weight is 285 g/mol. The normalized spacial score (nSPS) is 27.1. The number of methoxy groups -OCH3 is 1. The maximum Gasteiger partial charge on any atom is 0.128 e. The van der Waals surface area contributed by atoms with Gasteiger partial charge in [-0.2, -0.15) is 0 Å². The molecule has 0 saturated heterocycles.